The van der Waals surface area contributed by atoms with E-state index in [9.17, 15) is 14.4 Å². The number of nitrogens with zero attached hydrogens (tertiary/aromatic N) is 1. The number of aromatic nitrogens is 1. The van der Waals surface area contributed by atoms with Crippen molar-refractivity contribution in [2.45, 2.75) is 6.54 Å². The molecular formula is C27H21BrN2O5. The van der Waals surface area contributed by atoms with Crippen LogP contribution in [-0.2, 0) is 20.8 Å². The van der Waals surface area contributed by atoms with Gasteiger partial charge in [0.05, 0.1) is 29.4 Å². The Hall–Kier alpha value is -4.04. The van der Waals surface area contributed by atoms with Crippen molar-refractivity contribution in [3.63, 3.8) is 0 Å². The molecule has 0 fully saturated rings. The summed E-state index contributed by atoms with van der Waals surface area (Å²) in [6, 6.07) is 23.2. The largest absolute Gasteiger partial charge is 0.465 e. The molecule has 0 aliphatic rings. The van der Waals surface area contributed by atoms with Gasteiger partial charge in [0.25, 0.3) is 5.91 Å². The Balaban J connectivity index is 1.44. The van der Waals surface area contributed by atoms with E-state index < -0.39 is 24.5 Å². The van der Waals surface area contributed by atoms with Gasteiger partial charge < -0.3 is 14.8 Å². The number of halogens is 1. The molecule has 4 aromatic rings. The number of methoxy groups -OCH3 is 1. The summed E-state index contributed by atoms with van der Waals surface area (Å²) in [4.78, 5) is 41.4. The number of nitrogens with one attached hydrogen (secondary N) is 1. The van der Waals surface area contributed by atoms with Crippen LogP contribution in [0.1, 0.15) is 26.3 Å². The summed E-state index contributed by atoms with van der Waals surface area (Å²) in [6.07, 6.45) is 0. The fourth-order valence-corrected chi connectivity index (χ4v) is 3.88. The van der Waals surface area contributed by atoms with Gasteiger partial charge in [-0.1, -0.05) is 58.4 Å². The summed E-state index contributed by atoms with van der Waals surface area (Å²) in [6.45, 7) is -0.203. The third kappa shape index (κ3) is 5.91. The average molecular weight is 533 g/mol. The molecular weight excluding hydrogens is 512 g/mol. The number of hydrogen-bond donors (Lipinski definition) is 1. The SMILES string of the molecule is COC(=O)c1ccc(CNC(=O)COC(=O)c2cc(-c3cccc(Br)c3)nc3ccccc23)cc1. The van der Waals surface area contributed by atoms with Gasteiger partial charge in [-0.2, -0.15) is 0 Å². The van der Waals surface area contributed by atoms with E-state index >= 15 is 0 Å². The van der Waals surface area contributed by atoms with Crippen LogP contribution < -0.4 is 5.32 Å². The van der Waals surface area contributed by atoms with Crippen LogP contribution in [-0.4, -0.2) is 36.5 Å². The van der Waals surface area contributed by atoms with Crippen LogP contribution in [0.4, 0.5) is 0 Å². The van der Waals surface area contributed by atoms with Crippen LogP contribution in [0.25, 0.3) is 22.2 Å². The molecule has 0 saturated carbocycles. The van der Waals surface area contributed by atoms with Crippen molar-refractivity contribution in [2.75, 3.05) is 13.7 Å². The first-order valence-corrected chi connectivity index (χ1v) is 11.5. The number of carbonyl (C=O) groups is 3. The van der Waals surface area contributed by atoms with Crippen LogP contribution in [0.2, 0.25) is 0 Å². The highest BCUT2D eigenvalue weighted by atomic mass is 79.9. The van der Waals surface area contributed by atoms with Gasteiger partial charge in [-0.3, -0.25) is 4.79 Å². The number of rotatable bonds is 7. The zero-order valence-corrected chi connectivity index (χ0v) is 20.4. The van der Waals surface area contributed by atoms with Crippen molar-refractivity contribution in [1.29, 1.82) is 0 Å². The van der Waals surface area contributed by atoms with Crippen LogP contribution in [0, 0.1) is 0 Å². The van der Waals surface area contributed by atoms with Crippen LogP contribution >= 0.6 is 15.9 Å². The number of pyridine rings is 1. The number of amides is 1. The Kier molecular flexibility index (Phi) is 7.52. The second-order valence-corrected chi connectivity index (χ2v) is 8.54. The minimum absolute atomic E-state index is 0.225. The summed E-state index contributed by atoms with van der Waals surface area (Å²) in [5.74, 6) is -1.49. The summed E-state index contributed by atoms with van der Waals surface area (Å²) in [7, 11) is 1.31. The van der Waals surface area contributed by atoms with Crippen LogP contribution in [0.5, 0.6) is 0 Å². The molecule has 1 amide bonds. The molecule has 0 bridgehead atoms. The molecule has 1 heterocycles. The molecule has 0 aliphatic carbocycles. The second kappa shape index (κ2) is 10.9. The fraction of sp³-hybridized carbons (Fsp3) is 0.111. The Morgan fingerprint density at radius 3 is 2.43 bits per heavy atom. The van der Waals surface area contributed by atoms with Crippen molar-refractivity contribution in [1.82, 2.24) is 10.3 Å². The first-order chi connectivity index (χ1) is 16.9. The quantitative estimate of drug-likeness (QED) is 0.339. The molecule has 35 heavy (non-hydrogen) atoms. The highest BCUT2D eigenvalue weighted by Gasteiger charge is 2.17. The molecule has 3 aromatic carbocycles. The maximum atomic E-state index is 12.9. The Morgan fingerprint density at radius 1 is 0.914 bits per heavy atom. The lowest BCUT2D eigenvalue weighted by atomic mass is 10.0. The fourth-order valence-electron chi connectivity index (χ4n) is 3.48. The number of esters is 2. The number of benzene rings is 3. The molecule has 0 radical (unpaired) electrons. The molecule has 0 spiro atoms. The molecule has 0 unspecified atom stereocenters. The minimum atomic E-state index is -0.613. The maximum Gasteiger partial charge on any atom is 0.339 e. The second-order valence-electron chi connectivity index (χ2n) is 7.62. The van der Waals surface area contributed by atoms with E-state index in [1.54, 1.807) is 36.4 Å². The standard InChI is InChI=1S/C27H21BrN2O5/c1-34-26(32)18-11-9-17(10-12-18)15-29-25(31)16-35-27(33)22-14-24(19-5-4-6-20(28)13-19)30-23-8-3-2-7-21(22)23/h2-14H,15-16H2,1H3,(H,29,31). The number of carbonyl (C=O) groups excluding carboxylic acids is 3. The molecule has 8 heteroatoms. The zero-order valence-electron chi connectivity index (χ0n) is 18.8. The van der Waals surface area contributed by atoms with Gasteiger partial charge in [0.1, 0.15) is 0 Å². The highest BCUT2D eigenvalue weighted by Crippen LogP contribution is 2.27. The van der Waals surface area contributed by atoms with Gasteiger partial charge in [-0.15, -0.1) is 0 Å². The van der Waals surface area contributed by atoms with Gasteiger partial charge in [0.15, 0.2) is 6.61 Å². The lowest BCUT2D eigenvalue weighted by Crippen LogP contribution is -2.28. The smallest absolute Gasteiger partial charge is 0.339 e. The Morgan fingerprint density at radius 2 is 1.69 bits per heavy atom. The molecule has 0 atom stereocenters. The predicted molar refractivity (Wildman–Crippen MR) is 135 cm³/mol. The highest BCUT2D eigenvalue weighted by molar-refractivity contribution is 9.10. The van der Waals surface area contributed by atoms with Gasteiger partial charge in [0, 0.05) is 22.0 Å². The van der Waals surface area contributed by atoms with Crippen molar-refractivity contribution < 1.29 is 23.9 Å². The lowest BCUT2D eigenvalue weighted by Gasteiger charge is -2.11. The molecule has 7 nitrogen and oxygen atoms in total. The van der Waals surface area contributed by atoms with Gasteiger partial charge in [-0.05, 0) is 42.0 Å². The molecule has 176 valence electrons. The van der Waals surface area contributed by atoms with Crippen molar-refractivity contribution in [3.05, 3.63) is 100 Å². The van der Waals surface area contributed by atoms with E-state index in [1.807, 2.05) is 42.5 Å². The Labute approximate surface area is 210 Å². The zero-order chi connectivity index (χ0) is 24.8. The normalized spacial score (nSPS) is 10.6. The molecule has 1 aromatic heterocycles. The monoisotopic (exact) mass is 532 g/mol. The topological polar surface area (TPSA) is 94.6 Å². The predicted octanol–water partition coefficient (Wildman–Crippen LogP) is 4.92. The van der Waals surface area contributed by atoms with Gasteiger partial charge in [-0.25, -0.2) is 14.6 Å². The van der Waals surface area contributed by atoms with E-state index in [-0.39, 0.29) is 6.54 Å². The van der Waals surface area contributed by atoms with E-state index in [4.69, 9.17) is 4.74 Å². The van der Waals surface area contributed by atoms with Crippen molar-refractivity contribution in [3.8, 4) is 11.3 Å². The summed E-state index contributed by atoms with van der Waals surface area (Å²) >= 11 is 3.46. The summed E-state index contributed by atoms with van der Waals surface area (Å²) < 4.78 is 10.9. The van der Waals surface area contributed by atoms with E-state index in [0.29, 0.717) is 27.7 Å². The third-order valence-corrected chi connectivity index (χ3v) is 5.75. The third-order valence-electron chi connectivity index (χ3n) is 5.26. The average Bonchev–Trinajstić information content (AvgIpc) is 2.89. The Bertz CT molecular complexity index is 1400. The van der Waals surface area contributed by atoms with E-state index in [0.717, 1.165) is 15.6 Å². The number of hydrogen-bond acceptors (Lipinski definition) is 6. The van der Waals surface area contributed by atoms with E-state index in [2.05, 4.69) is 31.0 Å². The minimum Gasteiger partial charge on any atom is -0.465 e. The molecule has 0 saturated heterocycles. The van der Waals surface area contributed by atoms with Crippen LogP contribution in [0.3, 0.4) is 0 Å². The van der Waals surface area contributed by atoms with Crippen LogP contribution in [0.15, 0.2) is 83.3 Å². The lowest BCUT2D eigenvalue weighted by molar-refractivity contribution is -0.124. The maximum absolute atomic E-state index is 12.9. The molecule has 1 N–H and O–H groups in total. The first kappa shape index (κ1) is 24.1. The van der Waals surface area contributed by atoms with Crippen molar-refractivity contribution in [2.24, 2.45) is 0 Å². The number of para-hydroxylation sites is 1. The summed E-state index contributed by atoms with van der Waals surface area (Å²) in [5.41, 5.74) is 3.65. The molecule has 0 aliphatic heterocycles. The van der Waals surface area contributed by atoms with Crippen molar-refractivity contribution >= 4 is 44.7 Å². The molecule has 4 rings (SSSR count). The van der Waals surface area contributed by atoms with Gasteiger partial charge >= 0.3 is 11.9 Å². The first-order valence-electron chi connectivity index (χ1n) is 10.7. The number of ether oxygens (including phenoxy) is 2. The number of fused-ring (bicyclic) bond motifs is 1. The van der Waals surface area contributed by atoms with Gasteiger partial charge in [0.2, 0.25) is 0 Å². The summed E-state index contributed by atoms with van der Waals surface area (Å²) in [5, 5.41) is 3.34. The van der Waals surface area contributed by atoms with E-state index in [1.165, 1.54) is 7.11 Å².